The van der Waals surface area contributed by atoms with E-state index in [9.17, 15) is 9.59 Å². The molecule has 0 saturated carbocycles. The summed E-state index contributed by atoms with van der Waals surface area (Å²) >= 11 is 0. The Kier molecular flexibility index (Phi) is 9.42. The highest BCUT2D eigenvalue weighted by atomic mass is 16.6. The second kappa shape index (κ2) is 11.4. The average Bonchev–Trinajstić information content (AvgIpc) is 2.56. The van der Waals surface area contributed by atoms with Gasteiger partial charge >= 0.3 is 12.1 Å². The lowest BCUT2D eigenvalue weighted by Crippen LogP contribution is -2.19. The van der Waals surface area contributed by atoms with Crippen LogP contribution < -0.4 is 5.32 Å². The summed E-state index contributed by atoms with van der Waals surface area (Å²) in [7, 11) is 0. The van der Waals surface area contributed by atoms with Gasteiger partial charge in [-0.3, -0.25) is 5.32 Å². The zero-order chi connectivity index (χ0) is 16.9. The molecule has 1 N–H and O–H groups in total. The molecule has 0 atom stereocenters. The molecular formula is C16H23NO6. The summed E-state index contributed by atoms with van der Waals surface area (Å²) in [6, 6.07) is 6.55. The van der Waals surface area contributed by atoms with Crippen LogP contribution in [0.1, 0.15) is 24.2 Å². The fraction of sp³-hybridized carbons (Fsp3) is 0.500. The van der Waals surface area contributed by atoms with Crippen LogP contribution in [0.4, 0.5) is 10.5 Å². The summed E-state index contributed by atoms with van der Waals surface area (Å²) in [4.78, 5) is 23.7. The molecule has 23 heavy (non-hydrogen) atoms. The van der Waals surface area contributed by atoms with Crippen molar-refractivity contribution in [2.75, 3.05) is 45.0 Å². The van der Waals surface area contributed by atoms with E-state index in [1.54, 1.807) is 24.3 Å². The Morgan fingerprint density at radius 3 is 2.17 bits per heavy atom. The molecule has 0 aliphatic rings. The van der Waals surface area contributed by atoms with E-state index in [-0.39, 0.29) is 18.8 Å². The Labute approximate surface area is 135 Å². The molecule has 0 unspecified atom stereocenters. The molecule has 0 bridgehead atoms. The van der Waals surface area contributed by atoms with Crippen LogP contribution in [0.5, 0.6) is 0 Å². The number of anilines is 1. The number of para-hydroxylation sites is 1. The largest absolute Gasteiger partial charge is 0.460 e. The lowest BCUT2D eigenvalue weighted by molar-refractivity contribution is 0.0336. The first kappa shape index (κ1) is 18.9. The number of esters is 1. The Balaban J connectivity index is 2.52. The zero-order valence-electron chi connectivity index (χ0n) is 13.5. The van der Waals surface area contributed by atoms with E-state index < -0.39 is 12.1 Å². The summed E-state index contributed by atoms with van der Waals surface area (Å²) in [6.07, 6.45) is -0.653. The van der Waals surface area contributed by atoms with Crippen LogP contribution in [0.15, 0.2) is 24.3 Å². The average molecular weight is 325 g/mol. The summed E-state index contributed by atoms with van der Waals surface area (Å²) in [5, 5.41) is 2.52. The number of ether oxygens (including phenoxy) is 4. The van der Waals surface area contributed by atoms with Gasteiger partial charge in [0.25, 0.3) is 0 Å². The van der Waals surface area contributed by atoms with Crippen LogP contribution in [-0.4, -0.2) is 51.7 Å². The maximum Gasteiger partial charge on any atom is 0.411 e. The van der Waals surface area contributed by atoms with Gasteiger partial charge in [0.2, 0.25) is 0 Å². The number of benzene rings is 1. The van der Waals surface area contributed by atoms with Crippen LogP contribution in [0.25, 0.3) is 0 Å². The van der Waals surface area contributed by atoms with Gasteiger partial charge in [-0.25, -0.2) is 9.59 Å². The molecule has 0 radical (unpaired) electrons. The summed E-state index contributed by atoms with van der Waals surface area (Å²) in [5.41, 5.74) is 0.584. The molecule has 0 fully saturated rings. The van der Waals surface area contributed by atoms with Crippen LogP contribution in [0.3, 0.4) is 0 Å². The first-order valence-electron chi connectivity index (χ1n) is 7.54. The maximum absolute atomic E-state index is 12.0. The number of carbonyl (C=O) groups excluding carboxylic acids is 2. The van der Waals surface area contributed by atoms with Crippen molar-refractivity contribution in [1.29, 1.82) is 0 Å². The van der Waals surface area contributed by atoms with E-state index in [1.807, 2.05) is 13.8 Å². The van der Waals surface area contributed by atoms with Gasteiger partial charge in [0.05, 0.1) is 24.5 Å². The van der Waals surface area contributed by atoms with Crippen LogP contribution >= 0.6 is 0 Å². The number of carbonyl (C=O) groups is 2. The smallest absolute Gasteiger partial charge is 0.411 e. The van der Waals surface area contributed by atoms with Gasteiger partial charge in [0.1, 0.15) is 13.2 Å². The first-order chi connectivity index (χ1) is 11.2. The molecule has 0 saturated heterocycles. The normalized spacial score (nSPS) is 10.2. The predicted octanol–water partition coefficient (Wildman–Crippen LogP) is 2.46. The van der Waals surface area contributed by atoms with E-state index in [0.717, 1.165) is 0 Å². The third kappa shape index (κ3) is 7.62. The summed E-state index contributed by atoms with van der Waals surface area (Å²) < 4.78 is 20.2. The standard InChI is InChI=1S/C16H23NO6/c1-3-20-9-11-22-15(18)13-7-5-6-8-14(13)17-16(19)23-12-10-21-4-2/h5-8H,3-4,9-12H2,1-2H3,(H,17,19). The van der Waals surface area contributed by atoms with Crippen molar-refractivity contribution < 1.29 is 28.5 Å². The topological polar surface area (TPSA) is 83.1 Å². The number of nitrogens with one attached hydrogen (secondary N) is 1. The fourth-order valence-corrected chi connectivity index (χ4v) is 1.67. The lowest BCUT2D eigenvalue weighted by atomic mass is 10.2. The Morgan fingerprint density at radius 1 is 0.913 bits per heavy atom. The molecule has 1 aromatic rings. The molecule has 7 heteroatoms. The second-order valence-electron chi connectivity index (χ2n) is 4.34. The van der Waals surface area contributed by atoms with Crippen LogP contribution in [-0.2, 0) is 18.9 Å². The Bertz CT molecular complexity index is 491. The minimum absolute atomic E-state index is 0.140. The molecule has 128 valence electrons. The highest BCUT2D eigenvalue weighted by Gasteiger charge is 2.14. The third-order valence-electron chi connectivity index (χ3n) is 2.71. The van der Waals surface area contributed by atoms with E-state index in [4.69, 9.17) is 18.9 Å². The van der Waals surface area contributed by atoms with E-state index in [1.165, 1.54) is 0 Å². The molecule has 0 heterocycles. The molecule has 0 aliphatic heterocycles. The zero-order valence-corrected chi connectivity index (χ0v) is 13.5. The number of amides is 1. The molecular weight excluding hydrogens is 302 g/mol. The molecule has 0 spiro atoms. The minimum Gasteiger partial charge on any atom is -0.460 e. The van der Waals surface area contributed by atoms with Gasteiger partial charge < -0.3 is 18.9 Å². The highest BCUT2D eigenvalue weighted by Crippen LogP contribution is 2.16. The van der Waals surface area contributed by atoms with Crippen molar-refractivity contribution >= 4 is 17.7 Å². The fourth-order valence-electron chi connectivity index (χ4n) is 1.67. The van der Waals surface area contributed by atoms with Crippen molar-refractivity contribution in [1.82, 2.24) is 0 Å². The van der Waals surface area contributed by atoms with Gasteiger partial charge in [-0.15, -0.1) is 0 Å². The number of rotatable bonds is 10. The predicted molar refractivity (Wildman–Crippen MR) is 84.7 cm³/mol. The van der Waals surface area contributed by atoms with Crippen molar-refractivity contribution in [3.05, 3.63) is 29.8 Å². The molecule has 1 aromatic carbocycles. The lowest BCUT2D eigenvalue weighted by Gasteiger charge is -2.11. The quantitative estimate of drug-likeness (QED) is 0.525. The van der Waals surface area contributed by atoms with Gasteiger partial charge in [-0.05, 0) is 26.0 Å². The summed E-state index contributed by atoms with van der Waals surface area (Å²) in [6.45, 7) is 5.78. The van der Waals surface area contributed by atoms with Crippen LogP contribution in [0.2, 0.25) is 0 Å². The summed E-state index contributed by atoms with van der Waals surface area (Å²) in [5.74, 6) is -0.532. The van der Waals surface area contributed by atoms with Gasteiger partial charge in [-0.2, -0.15) is 0 Å². The third-order valence-corrected chi connectivity index (χ3v) is 2.71. The molecule has 0 aliphatic carbocycles. The Hall–Kier alpha value is -2.12. The van der Waals surface area contributed by atoms with E-state index in [0.29, 0.717) is 32.1 Å². The minimum atomic E-state index is -0.653. The number of hydrogen-bond donors (Lipinski definition) is 1. The molecule has 0 aromatic heterocycles. The highest BCUT2D eigenvalue weighted by molar-refractivity contribution is 5.99. The molecule has 1 amide bonds. The van der Waals surface area contributed by atoms with E-state index >= 15 is 0 Å². The molecule has 1 rings (SSSR count). The number of hydrogen-bond acceptors (Lipinski definition) is 6. The van der Waals surface area contributed by atoms with Crippen molar-refractivity contribution in [3.63, 3.8) is 0 Å². The maximum atomic E-state index is 12.0. The Morgan fingerprint density at radius 2 is 1.52 bits per heavy atom. The van der Waals surface area contributed by atoms with Crippen molar-refractivity contribution in [2.24, 2.45) is 0 Å². The first-order valence-corrected chi connectivity index (χ1v) is 7.54. The SMILES string of the molecule is CCOCCOC(=O)Nc1ccccc1C(=O)OCCOCC. The van der Waals surface area contributed by atoms with Gasteiger partial charge in [0, 0.05) is 13.2 Å². The van der Waals surface area contributed by atoms with Gasteiger partial charge in [-0.1, -0.05) is 12.1 Å². The molecule has 7 nitrogen and oxygen atoms in total. The van der Waals surface area contributed by atoms with Crippen molar-refractivity contribution in [3.8, 4) is 0 Å². The van der Waals surface area contributed by atoms with Gasteiger partial charge in [0.15, 0.2) is 0 Å². The van der Waals surface area contributed by atoms with E-state index in [2.05, 4.69) is 5.32 Å². The second-order valence-corrected chi connectivity index (χ2v) is 4.34. The monoisotopic (exact) mass is 325 g/mol. The van der Waals surface area contributed by atoms with Crippen molar-refractivity contribution in [2.45, 2.75) is 13.8 Å². The van der Waals surface area contributed by atoms with Crippen LogP contribution in [0, 0.1) is 0 Å².